The van der Waals surface area contributed by atoms with Gasteiger partial charge in [0.2, 0.25) is 0 Å². The number of hydrogen-bond acceptors (Lipinski definition) is 2. The Bertz CT molecular complexity index is 165. The predicted octanol–water partition coefficient (Wildman–Crippen LogP) is 4.94. The number of halogens is 3. The standard InChI is InChI=1S/C8H19N.Cl3OP/c1-6-9(7(2)3)8(4)5;1-5(2,3)4/h7-8H,6H2,1-5H3;. The molecule has 0 spiro atoms. The van der Waals surface area contributed by atoms with E-state index in [9.17, 15) is 4.57 Å². The van der Waals surface area contributed by atoms with Crippen molar-refractivity contribution in [3.05, 3.63) is 0 Å². The molecule has 0 saturated carbocycles. The van der Waals surface area contributed by atoms with Crippen molar-refractivity contribution in [2.75, 3.05) is 6.54 Å². The first kappa shape index (κ1) is 17.5. The van der Waals surface area contributed by atoms with E-state index < -0.39 is 5.20 Å². The molecule has 0 aliphatic heterocycles. The average molecular weight is 283 g/mol. The zero-order valence-electron chi connectivity index (χ0n) is 9.30. The first-order valence-electron chi connectivity index (χ1n) is 4.54. The predicted molar refractivity (Wildman–Crippen MR) is 67.8 cm³/mol. The molecule has 0 fully saturated rings. The van der Waals surface area contributed by atoms with E-state index in [2.05, 4.69) is 73.2 Å². The summed E-state index contributed by atoms with van der Waals surface area (Å²) in [5.74, 6) is 0. The Labute approximate surface area is 102 Å². The smallest absolute Gasteiger partial charge is 0.299 e. The second-order valence-electron chi connectivity index (χ2n) is 3.42. The van der Waals surface area contributed by atoms with Gasteiger partial charge in [-0.05, 0) is 68.0 Å². The van der Waals surface area contributed by atoms with E-state index in [1.165, 1.54) is 0 Å². The maximum atomic E-state index is 9.51. The number of hydrogen-bond donors (Lipinski definition) is 0. The van der Waals surface area contributed by atoms with Gasteiger partial charge in [-0.1, -0.05) is 6.92 Å². The quantitative estimate of drug-likeness (QED) is 0.684. The Balaban J connectivity index is 0. The minimum absolute atomic E-state index is 0.690. The molecule has 0 unspecified atom stereocenters. The highest BCUT2D eigenvalue weighted by Crippen LogP contribution is 2.61. The summed E-state index contributed by atoms with van der Waals surface area (Å²) < 4.78 is 9.51. The fourth-order valence-corrected chi connectivity index (χ4v) is 1.33. The maximum absolute atomic E-state index is 9.51. The molecule has 0 aliphatic carbocycles. The van der Waals surface area contributed by atoms with Crippen LogP contribution in [0, 0.1) is 0 Å². The molecule has 0 N–H and O–H groups in total. The number of nitrogens with zero attached hydrogens (tertiary/aromatic N) is 1. The molecule has 6 heteroatoms. The summed E-state index contributed by atoms with van der Waals surface area (Å²) in [5.41, 5.74) is 0. The Morgan fingerprint density at radius 3 is 1.29 bits per heavy atom. The summed E-state index contributed by atoms with van der Waals surface area (Å²) in [7, 11) is 0. The van der Waals surface area contributed by atoms with E-state index in [-0.39, 0.29) is 0 Å². The van der Waals surface area contributed by atoms with Gasteiger partial charge in [0.25, 0.3) is 0 Å². The van der Waals surface area contributed by atoms with E-state index >= 15 is 0 Å². The third kappa shape index (κ3) is 15.5. The lowest BCUT2D eigenvalue weighted by molar-refractivity contribution is 0.185. The van der Waals surface area contributed by atoms with Crippen molar-refractivity contribution in [3.8, 4) is 0 Å². The van der Waals surface area contributed by atoms with Crippen LogP contribution < -0.4 is 0 Å². The number of rotatable bonds is 3. The molecule has 0 amide bonds. The first-order chi connectivity index (χ1) is 6.09. The van der Waals surface area contributed by atoms with Crippen LogP contribution in [0.4, 0.5) is 0 Å². The highest BCUT2D eigenvalue weighted by Gasteiger charge is 2.08. The van der Waals surface area contributed by atoms with Crippen LogP contribution in [0.15, 0.2) is 0 Å². The van der Waals surface area contributed by atoms with Gasteiger partial charge in [-0.25, -0.2) is 0 Å². The molecular formula is C8H19Cl3NOP. The molecule has 0 aliphatic rings. The summed E-state index contributed by atoms with van der Waals surface area (Å²) in [6.07, 6.45) is 0. The fraction of sp³-hybridized carbons (Fsp3) is 1.00. The highest BCUT2D eigenvalue weighted by molar-refractivity contribution is 8.24. The zero-order chi connectivity index (χ0) is 11.9. The van der Waals surface area contributed by atoms with E-state index in [1.807, 2.05) is 0 Å². The molecule has 88 valence electrons. The Hall–Kier alpha value is 1.06. The molecule has 0 aromatic heterocycles. The molecule has 0 bridgehead atoms. The van der Waals surface area contributed by atoms with E-state index in [0.717, 1.165) is 6.54 Å². The van der Waals surface area contributed by atoms with Crippen LogP contribution in [0.5, 0.6) is 0 Å². The first-order valence-corrected chi connectivity index (χ1v) is 8.96. The third-order valence-electron chi connectivity index (χ3n) is 1.69. The Morgan fingerprint density at radius 1 is 1.07 bits per heavy atom. The van der Waals surface area contributed by atoms with Gasteiger partial charge in [-0.3, -0.25) is 9.46 Å². The second-order valence-corrected chi connectivity index (χ2v) is 10.1. The topological polar surface area (TPSA) is 20.3 Å². The monoisotopic (exact) mass is 281 g/mol. The van der Waals surface area contributed by atoms with E-state index in [1.54, 1.807) is 0 Å². The van der Waals surface area contributed by atoms with Crippen LogP contribution in [0.2, 0.25) is 0 Å². The minimum atomic E-state index is -3.22. The average Bonchev–Trinajstić information content (AvgIpc) is 1.81. The lowest BCUT2D eigenvalue weighted by Crippen LogP contribution is -2.36. The lowest BCUT2D eigenvalue weighted by atomic mass is 10.2. The largest absolute Gasteiger partial charge is 0.339 e. The molecule has 14 heavy (non-hydrogen) atoms. The molecule has 0 saturated heterocycles. The van der Waals surface area contributed by atoms with Crippen LogP contribution in [0.1, 0.15) is 34.6 Å². The van der Waals surface area contributed by atoms with Crippen molar-refractivity contribution < 1.29 is 4.57 Å². The lowest BCUT2D eigenvalue weighted by Gasteiger charge is -2.28. The summed E-state index contributed by atoms with van der Waals surface area (Å²) >= 11 is 13.8. The summed E-state index contributed by atoms with van der Waals surface area (Å²) in [6.45, 7) is 12.3. The second kappa shape index (κ2) is 8.24. The summed E-state index contributed by atoms with van der Waals surface area (Å²) in [5, 5.41) is -3.22. The molecule has 0 heterocycles. The van der Waals surface area contributed by atoms with Gasteiger partial charge in [0.15, 0.2) is 0 Å². The van der Waals surface area contributed by atoms with Crippen molar-refractivity contribution >= 4 is 38.9 Å². The van der Waals surface area contributed by atoms with Gasteiger partial charge in [0.05, 0.1) is 0 Å². The molecule has 0 radical (unpaired) electrons. The van der Waals surface area contributed by atoms with Gasteiger partial charge < -0.3 is 0 Å². The molecule has 0 atom stereocenters. The SMILES string of the molecule is CCN(C(C)C)C(C)C.O=P(Cl)(Cl)Cl. The minimum Gasteiger partial charge on any atom is -0.299 e. The van der Waals surface area contributed by atoms with Gasteiger partial charge >= 0.3 is 5.20 Å². The van der Waals surface area contributed by atoms with Gasteiger partial charge in [0.1, 0.15) is 0 Å². The molecular weight excluding hydrogens is 263 g/mol. The summed E-state index contributed by atoms with van der Waals surface area (Å²) in [4.78, 5) is 2.46. The van der Waals surface area contributed by atoms with Crippen molar-refractivity contribution in [2.24, 2.45) is 0 Å². The fourth-order valence-electron chi connectivity index (χ4n) is 1.33. The highest BCUT2D eigenvalue weighted by atomic mass is 36.0. The Morgan fingerprint density at radius 2 is 1.29 bits per heavy atom. The van der Waals surface area contributed by atoms with Crippen LogP contribution >= 0.6 is 38.9 Å². The van der Waals surface area contributed by atoms with Gasteiger partial charge in [0, 0.05) is 12.1 Å². The van der Waals surface area contributed by atoms with Crippen molar-refractivity contribution in [2.45, 2.75) is 46.7 Å². The van der Waals surface area contributed by atoms with Crippen molar-refractivity contribution in [3.63, 3.8) is 0 Å². The third-order valence-corrected chi connectivity index (χ3v) is 1.69. The molecule has 2 nitrogen and oxygen atoms in total. The van der Waals surface area contributed by atoms with Crippen LogP contribution in [-0.4, -0.2) is 23.5 Å². The Kier molecular flexibility index (Phi) is 10.3. The van der Waals surface area contributed by atoms with Crippen LogP contribution in [0.25, 0.3) is 0 Å². The molecule has 0 rings (SSSR count). The molecule has 0 aromatic rings. The van der Waals surface area contributed by atoms with Crippen LogP contribution in [-0.2, 0) is 4.57 Å². The van der Waals surface area contributed by atoms with Crippen molar-refractivity contribution in [1.82, 2.24) is 4.90 Å². The van der Waals surface area contributed by atoms with Crippen LogP contribution in [0.3, 0.4) is 0 Å². The zero-order valence-corrected chi connectivity index (χ0v) is 12.5. The normalized spacial score (nSPS) is 11.9. The van der Waals surface area contributed by atoms with Gasteiger partial charge in [-0.15, -0.1) is 0 Å². The van der Waals surface area contributed by atoms with E-state index in [4.69, 9.17) is 0 Å². The van der Waals surface area contributed by atoms with Gasteiger partial charge in [-0.2, -0.15) is 0 Å². The maximum Gasteiger partial charge on any atom is 0.339 e. The summed E-state index contributed by atoms with van der Waals surface area (Å²) in [6, 6.07) is 1.38. The van der Waals surface area contributed by atoms with E-state index in [0.29, 0.717) is 12.1 Å². The van der Waals surface area contributed by atoms with Crippen molar-refractivity contribution in [1.29, 1.82) is 0 Å². The molecule has 0 aromatic carbocycles.